The van der Waals surface area contributed by atoms with Crippen LogP contribution in [0, 0.1) is 5.41 Å². The first-order chi connectivity index (χ1) is 10.2. The lowest BCUT2D eigenvalue weighted by Crippen LogP contribution is -2.43. The summed E-state index contributed by atoms with van der Waals surface area (Å²) in [6, 6.07) is 20.3. The third-order valence-electron chi connectivity index (χ3n) is 4.79. The molecule has 0 unspecified atom stereocenters. The summed E-state index contributed by atoms with van der Waals surface area (Å²) in [5.41, 5.74) is 1.88. The topological polar surface area (TPSA) is 40.5 Å². The maximum Gasteiger partial charge on any atom is 0.0628 e. The summed E-state index contributed by atoms with van der Waals surface area (Å²) in [4.78, 5) is 0. The molecule has 2 aromatic rings. The molecule has 2 atom stereocenters. The lowest BCUT2D eigenvalue weighted by atomic mass is 9.72. The van der Waals surface area contributed by atoms with E-state index in [9.17, 15) is 10.2 Å². The quantitative estimate of drug-likeness (QED) is 0.905. The maximum absolute atomic E-state index is 10.6. The average Bonchev–Trinajstić information content (AvgIpc) is 2.78. The van der Waals surface area contributed by atoms with E-state index in [0.29, 0.717) is 25.7 Å². The zero-order chi connectivity index (χ0) is 14.7. The van der Waals surface area contributed by atoms with Crippen molar-refractivity contribution in [2.75, 3.05) is 0 Å². The molecule has 0 heterocycles. The van der Waals surface area contributed by atoms with Crippen LogP contribution in [0.2, 0.25) is 0 Å². The minimum Gasteiger partial charge on any atom is -0.392 e. The Morgan fingerprint density at radius 1 is 0.714 bits per heavy atom. The molecule has 2 aromatic carbocycles. The van der Waals surface area contributed by atoms with Crippen molar-refractivity contribution in [2.24, 2.45) is 5.41 Å². The van der Waals surface area contributed by atoms with Gasteiger partial charge in [0.25, 0.3) is 0 Å². The van der Waals surface area contributed by atoms with Crippen LogP contribution in [-0.4, -0.2) is 22.4 Å². The largest absolute Gasteiger partial charge is 0.392 e. The van der Waals surface area contributed by atoms with Gasteiger partial charge >= 0.3 is 0 Å². The van der Waals surface area contributed by atoms with Crippen LogP contribution in [0.25, 0.3) is 0 Å². The van der Waals surface area contributed by atoms with Gasteiger partial charge in [0.2, 0.25) is 0 Å². The van der Waals surface area contributed by atoms with Crippen molar-refractivity contribution < 1.29 is 10.2 Å². The minimum absolute atomic E-state index is 0.451. The monoisotopic (exact) mass is 282 g/mol. The first-order valence-electron chi connectivity index (χ1n) is 7.65. The van der Waals surface area contributed by atoms with E-state index in [1.54, 1.807) is 0 Å². The second-order valence-electron chi connectivity index (χ2n) is 6.17. The molecule has 2 nitrogen and oxygen atoms in total. The molecule has 0 amide bonds. The highest BCUT2D eigenvalue weighted by Gasteiger charge is 2.48. The van der Waals surface area contributed by atoms with Crippen molar-refractivity contribution in [3.05, 3.63) is 71.8 Å². The van der Waals surface area contributed by atoms with Gasteiger partial charge in [0, 0.05) is 5.41 Å². The summed E-state index contributed by atoms with van der Waals surface area (Å²) in [5, 5.41) is 21.1. The van der Waals surface area contributed by atoms with E-state index in [0.717, 1.165) is 0 Å². The Balaban J connectivity index is 1.92. The average molecular weight is 282 g/mol. The summed E-state index contributed by atoms with van der Waals surface area (Å²) in [6.07, 6.45) is 1.89. The molecule has 2 heteroatoms. The number of rotatable bonds is 4. The van der Waals surface area contributed by atoms with Crippen molar-refractivity contribution in [3.8, 4) is 0 Å². The summed E-state index contributed by atoms with van der Waals surface area (Å²) in [6.45, 7) is 0. The van der Waals surface area contributed by atoms with Crippen LogP contribution in [0.5, 0.6) is 0 Å². The van der Waals surface area contributed by atoms with Gasteiger partial charge < -0.3 is 10.2 Å². The van der Waals surface area contributed by atoms with Gasteiger partial charge in [0.1, 0.15) is 0 Å². The molecule has 1 fully saturated rings. The Hall–Kier alpha value is -1.64. The minimum atomic E-state index is -0.470. The maximum atomic E-state index is 10.6. The van der Waals surface area contributed by atoms with Crippen LogP contribution in [0.3, 0.4) is 0 Å². The predicted octanol–water partition coefficient (Wildman–Crippen LogP) is 2.97. The van der Waals surface area contributed by atoms with Crippen molar-refractivity contribution in [1.82, 2.24) is 0 Å². The summed E-state index contributed by atoms with van der Waals surface area (Å²) < 4.78 is 0. The van der Waals surface area contributed by atoms with E-state index in [4.69, 9.17) is 0 Å². The lowest BCUT2D eigenvalue weighted by molar-refractivity contribution is -0.0238. The van der Waals surface area contributed by atoms with Crippen LogP contribution in [-0.2, 0) is 12.8 Å². The Morgan fingerprint density at radius 2 is 1.10 bits per heavy atom. The zero-order valence-corrected chi connectivity index (χ0v) is 12.2. The molecule has 21 heavy (non-hydrogen) atoms. The van der Waals surface area contributed by atoms with Crippen LogP contribution in [0.1, 0.15) is 24.0 Å². The van der Waals surface area contributed by atoms with Gasteiger partial charge in [-0.3, -0.25) is 0 Å². The molecule has 1 aliphatic carbocycles. The van der Waals surface area contributed by atoms with Gasteiger partial charge in [0.05, 0.1) is 12.2 Å². The molecule has 0 aromatic heterocycles. The van der Waals surface area contributed by atoms with Gasteiger partial charge in [-0.25, -0.2) is 0 Å². The van der Waals surface area contributed by atoms with Crippen LogP contribution < -0.4 is 0 Å². The van der Waals surface area contributed by atoms with E-state index < -0.39 is 17.6 Å². The standard InChI is InChI=1S/C19H22O2/c20-17-11-12-18(21)19(17,13-15-7-3-1-4-8-15)14-16-9-5-2-6-10-16/h1-10,17-18,20-21H,11-14H2/t17-,18-/m1/s1. The molecule has 2 N–H and O–H groups in total. The number of hydrogen-bond acceptors (Lipinski definition) is 2. The highest BCUT2D eigenvalue weighted by atomic mass is 16.3. The first-order valence-corrected chi connectivity index (χ1v) is 7.65. The van der Waals surface area contributed by atoms with Gasteiger partial charge in [0.15, 0.2) is 0 Å². The molecule has 0 spiro atoms. The smallest absolute Gasteiger partial charge is 0.0628 e. The second-order valence-corrected chi connectivity index (χ2v) is 6.17. The SMILES string of the molecule is O[C@@H]1CC[C@@H](O)C1(Cc1ccccc1)Cc1ccccc1. The zero-order valence-electron chi connectivity index (χ0n) is 12.2. The normalized spacial score (nSPS) is 24.1. The molecule has 0 saturated heterocycles. The predicted molar refractivity (Wildman–Crippen MR) is 84.0 cm³/mol. The molecule has 3 rings (SSSR count). The van der Waals surface area contributed by atoms with E-state index in [-0.39, 0.29) is 0 Å². The van der Waals surface area contributed by atoms with E-state index in [1.165, 1.54) is 11.1 Å². The third-order valence-corrected chi connectivity index (χ3v) is 4.79. The second kappa shape index (κ2) is 6.00. The fourth-order valence-corrected chi connectivity index (χ4v) is 3.60. The lowest BCUT2D eigenvalue weighted by Gasteiger charge is -2.36. The van der Waals surface area contributed by atoms with Crippen LogP contribution in [0.4, 0.5) is 0 Å². The van der Waals surface area contributed by atoms with Crippen LogP contribution in [0.15, 0.2) is 60.7 Å². The molecule has 0 bridgehead atoms. The fourth-order valence-electron chi connectivity index (χ4n) is 3.60. The molecule has 0 radical (unpaired) electrons. The van der Waals surface area contributed by atoms with Crippen LogP contribution >= 0.6 is 0 Å². The Morgan fingerprint density at radius 3 is 1.48 bits per heavy atom. The Kier molecular flexibility index (Phi) is 4.09. The van der Waals surface area contributed by atoms with Gasteiger partial charge in [-0.1, -0.05) is 60.7 Å². The molecule has 110 valence electrons. The van der Waals surface area contributed by atoms with Crippen molar-refractivity contribution in [2.45, 2.75) is 37.9 Å². The van der Waals surface area contributed by atoms with E-state index in [2.05, 4.69) is 24.3 Å². The molecule has 1 aliphatic rings. The molecule has 1 saturated carbocycles. The number of aliphatic hydroxyl groups excluding tert-OH is 2. The Labute approximate surface area is 126 Å². The number of hydrogen-bond donors (Lipinski definition) is 2. The summed E-state index contributed by atoms with van der Waals surface area (Å²) in [7, 11) is 0. The Bertz CT molecular complexity index is 511. The number of aliphatic hydroxyl groups is 2. The first kappa shape index (κ1) is 14.3. The van der Waals surface area contributed by atoms with E-state index in [1.807, 2.05) is 36.4 Å². The van der Waals surface area contributed by atoms with Gasteiger partial charge in [-0.2, -0.15) is 0 Å². The van der Waals surface area contributed by atoms with Gasteiger partial charge in [-0.15, -0.1) is 0 Å². The summed E-state index contributed by atoms with van der Waals surface area (Å²) in [5.74, 6) is 0. The van der Waals surface area contributed by atoms with Crippen molar-refractivity contribution >= 4 is 0 Å². The highest BCUT2D eigenvalue weighted by Crippen LogP contribution is 2.44. The summed E-state index contributed by atoms with van der Waals surface area (Å²) >= 11 is 0. The molecular formula is C19H22O2. The van der Waals surface area contributed by atoms with Crippen molar-refractivity contribution in [3.63, 3.8) is 0 Å². The molecule has 0 aliphatic heterocycles. The third kappa shape index (κ3) is 2.87. The van der Waals surface area contributed by atoms with Crippen molar-refractivity contribution in [1.29, 1.82) is 0 Å². The van der Waals surface area contributed by atoms with E-state index >= 15 is 0 Å². The highest BCUT2D eigenvalue weighted by molar-refractivity contribution is 5.23. The van der Waals surface area contributed by atoms with Gasteiger partial charge in [-0.05, 0) is 36.8 Å². The molecular weight excluding hydrogens is 260 g/mol. The fraction of sp³-hybridized carbons (Fsp3) is 0.368. The number of benzene rings is 2.